The summed E-state index contributed by atoms with van der Waals surface area (Å²) >= 11 is 5.94. The van der Waals surface area contributed by atoms with Crippen LogP contribution in [-0.2, 0) is 4.79 Å². The van der Waals surface area contributed by atoms with Crippen LogP contribution < -0.4 is 4.74 Å². The third-order valence-electron chi connectivity index (χ3n) is 2.98. The van der Waals surface area contributed by atoms with Gasteiger partial charge in [0.15, 0.2) is 0 Å². The van der Waals surface area contributed by atoms with Crippen LogP contribution >= 0.6 is 11.6 Å². The highest BCUT2D eigenvalue weighted by Crippen LogP contribution is 2.29. The van der Waals surface area contributed by atoms with E-state index in [9.17, 15) is 4.79 Å². The Balaban J connectivity index is 2.12. The SMILES string of the molecule is N#CCN(CC#N)C(=O)/C=C/C1=Cc2cc(Cl)ccc2OC1. The normalized spacial score (nSPS) is 12.6. The average Bonchev–Trinajstić information content (AvgIpc) is 2.52. The monoisotopic (exact) mass is 313 g/mol. The lowest BCUT2D eigenvalue weighted by Gasteiger charge is -2.17. The minimum absolute atomic E-state index is 0.120. The first-order valence-corrected chi connectivity index (χ1v) is 6.85. The molecule has 6 heteroatoms. The molecule has 0 spiro atoms. The van der Waals surface area contributed by atoms with Gasteiger partial charge in [-0.15, -0.1) is 0 Å². The molecule has 1 aliphatic heterocycles. The molecule has 0 N–H and O–H groups in total. The fraction of sp³-hybridized carbons (Fsp3) is 0.188. The molecule has 0 fully saturated rings. The van der Waals surface area contributed by atoms with E-state index in [1.165, 1.54) is 6.08 Å². The van der Waals surface area contributed by atoms with E-state index in [1.54, 1.807) is 24.3 Å². The predicted molar refractivity (Wildman–Crippen MR) is 81.9 cm³/mol. The number of benzene rings is 1. The fourth-order valence-electron chi connectivity index (χ4n) is 1.93. The van der Waals surface area contributed by atoms with Crippen LogP contribution in [0.3, 0.4) is 0 Å². The Morgan fingerprint density at radius 3 is 2.77 bits per heavy atom. The van der Waals surface area contributed by atoms with Gasteiger partial charge in [-0.05, 0) is 29.8 Å². The Morgan fingerprint density at radius 1 is 1.36 bits per heavy atom. The number of carbonyl (C=O) groups excluding carboxylic acids is 1. The Bertz CT molecular complexity index is 710. The van der Waals surface area contributed by atoms with E-state index < -0.39 is 0 Å². The zero-order chi connectivity index (χ0) is 15.9. The molecule has 1 heterocycles. The molecule has 110 valence electrons. The van der Waals surface area contributed by atoms with Crippen LogP contribution in [0.1, 0.15) is 5.56 Å². The summed E-state index contributed by atoms with van der Waals surface area (Å²) in [5.41, 5.74) is 1.65. The number of ether oxygens (including phenoxy) is 1. The Hall–Kier alpha value is -2.76. The summed E-state index contributed by atoms with van der Waals surface area (Å²) in [4.78, 5) is 13.1. The zero-order valence-corrected chi connectivity index (χ0v) is 12.4. The number of fused-ring (bicyclic) bond motifs is 1. The zero-order valence-electron chi connectivity index (χ0n) is 11.6. The van der Waals surface area contributed by atoms with E-state index in [-0.39, 0.29) is 19.0 Å². The van der Waals surface area contributed by atoms with Crippen molar-refractivity contribution in [2.24, 2.45) is 0 Å². The van der Waals surface area contributed by atoms with Crippen LogP contribution in [0, 0.1) is 22.7 Å². The summed E-state index contributed by atoms with van der Waals surface area (Å²) in [7, 11) is 0. The number of amides is 1. The van der Waals surface area contributed by atoms with E-state index in [1.807, 2.05) is 18.2 Å². The maximum atomic E-state index is 11.9. The number of rotatable bonds is 4. The maximum Gasteiger partial charge on any atom is 0.248 e. The van der Waals surface area contributed by atoms with E-state index in [2.05, 4.69) is 0 Å². The lowest BCUT2D eigenvalue weighted by atomic mass is 10.1. The van der Waals surface area contributed by atoms with Crippen LogP contribution in [0.2, 0.25) is 5.02 Å². The molecule has 1 aromatic rings. The molecule has 0 saturated carbocycles. The number of hydrogen-bond acceptors (Lipinski definition) is 4. The van der Waals surface area contributed by atoms with Gasteiger partial charge in [-0.2, -0.15) is 10.5 Å². The summed E-state index contributed by atoms with van der Waals surface area (Å²) in [5.74, 6) is 0.351. The Labute approximate surface area is 133 Å². The third-order valence-corrected chi connectivity index (χ3v) is 3.22. The van der Waals surface area contributed by atoms with Gasteiger partial charge in [0.25, 0.3) is 0 Å². The van der Waals surface area contributed by atoms with E-state index in [0.717, 1.165) is 21.8 Å². The smallest absolute Gasteiger partial charge is 0.248 e. The number of halogens is 1. The molecule has 0 radical (unpaired) electrons. The molecule has 0 atom stereocenters. The summed E-state index contributed by atoms with van der Waals surface area (Å²) in [6, 6.07) is 9.04. The largest absolute Gasteiger partial charge is 0.488 e. The number of carbonyl (C=O) groups is 1. The molecule has 0 aromatic heterocycles. The first-order valence-electron chi connectivity index (χ1n) is 6.48. The van der Waals surface area contributed by atoms with Crippen molar-refractivity contribution >= 4 is 23.6 Å². The first kappa shape index (κ1) is 15.6. The molecule has 1 amide bonds. The van der Waals surface area contributed by atoms with Crippen molar-refractivity contribution in [2.45, 2.75) is 0 Å². The van der Waals surface area contributed by atoms with Crippen LogP contribution in [0.15, 0.2) is 35.9 Å². The van der Waals surface area contributed by atoms with Crippen LogP contribution in [0.25, 0.3) is 6.08 Å². The van der Waals surface area contributed by atoms with Crippen LogP contribution in [-0.4, -0.2) is 30.5 Å². The van der Waals surface area contributed by atoms with Gasteiger partial charge in [0.05, 0.1) is 12.1 Å². The van der Waals surface area contributed by atoms with Crippen molar-refractivity contribution in [3.05, 3.63) is 46.5 Å². The van der Waals surface area contributed by atoms with Gasteiger partial charge in [0.2, 0.25) is 5.91 Å². The fourth-order valence-corrected chi connectivity index (χ4v) is 2.11. The van der Waals surface area contributed by atoms with Crippen LogP contribution in [0.4, 0.5) is 0 Å². The van der Waals surface area contributed by atoms with Crippen molar-refractivity contribution in [2.75, 3.05) is 19.7 Å². The summed E-state index contributed by atoms with van der Waals surface area (Å²) in [6.45, 7) is 0.102. The third kappa shape index (κ3) is 3.88. The summed E-state index contributed by atoms with van der Waals surface area (Å²) in [5, 5.41) is 17.9. The molecule has 2 rings (SSSR count). The van der Waals surface area contributed by atoms with Gasteiger partial charge in [0.1, 0.15) is 25.4 Å². The van der Waals surface area contributed by atoms with Crippen molar-refractivity contribution < 1.29 is 9.53 Å². The highest BCUT2D eigenvalue weighted by atomic mass is 35.5. The molecule has 22 heavy (non-hydrogen) atoms. The summed E-state index contributed by atoms with van der Waals surface area (Å²) in [6.07, 6.45) is 4.83. The molecule has 0 bridgehead atoms. The maximum absolute atomic E-state index is 11.9. The lowest BCUT2D eigenvalue weighted by molar-refractivity contribution is -0.124. The quantitative estimate of drug-likeness (QED) is 0.632. The average molecular weight is 314 g/mol. The second kappa shape index (κ2) is 7.31. The standard InChI is InChI=1S/C16H12ClN3O2/c17-14-2-3-15-13(10-14)9-12(11-22-15)1-4-16(21)20(7-5-18)8-6-19/h1-4,9-10H,7-8,11H2/b4-1+. The molecule has 1 aliphatic rings. The second-order valence-electron chi connectivity index (χ2n) is 4.53. The van der Waals surface area contributed by atoms with Gasteiger partial charge in [-0.3, -0.25) is 4.79 Å². The summed E-state index contributed by atoms with van der Waals surface area (Å²) < 4.78 is 5.57. The topological polar surface area (TPSA) is 77.1 Å². The molecule has 0 saturated heterocycles. The van der Waals surface area contributed by atoms with Crippen LogP contribution in [0.5, 0.6) is 5.75 Å². The molecular formula is C16H12ClN3O2. The first-order chi connectivity index (χ1) is 10.6. The molecule has 1 aromatic carbocycles. The van der Waals surface area contributed by atoms with Gasteiger partial charge in [-0.25, -0.2) is 0 Å². The Kier molecular flexibility index (Phi) is 5.19. The highest BCUT2D eigenvalue weighted by Gasteiger charge is 2.12. The molecule has 0 aliphatic carbocycles. The van der Waals surface area contributed by atoms with Crippen molar-refractivity contribution in [3.63, 3.8) is 0 Å². The van der Waals surface area contributed by atoms with Gasteiger partial charge in [0, 0.05) is 16.7 Å². The van der Waals surface area contributed by atoms with Gasteiger partial charge >= 0.3 is 0 Å². The number of nitrogens with zero attached hydrogens (tertiary/aromatic N) is 3. The Morgan fingerprint density at radius 2 is 2.09 bits per heavy atom. The van der Waals surface area contributed by atoms with Crippen molar-refractivity contribution in [1.29, 1.82) is 10.5 Å². The number of nitriles is 2. The minimum atomic E-state index is -0.388. The molecule has 5 nitrogen and oxygen atoms in total. The highest BCUT2D eigenvalue weighted by molar-refractivity contribution is 6.30. The lowest BCUT2D eigenvalue weighted by Crippen LogP contribution is -2.30. The minimum Gasteiger partial charge on any atom is -0.488 e. The van der Waals surface area contributed by atoms with Gasteiger partial charge < -0.3 is 9.64 Å². The van der Waals surface area contributed by atoms with Gasteiger partial charge in [-0.1, -0.05) is 17.7 Å². The number of hydrogen-bond donors (Lipinski definition) is 0. The van der Waals surface area contributed by atoms with Crippen molar-refractivity contribution in [1.82, 2.24) is 4.90 Å². The molecular weight excluding hydrogens is 302 g/mol. The molecule has 0 unspecified atom stereocenters. The van der Waals surface area contributed by atoms with E-state index in [4.69, 9.17) is 26.9 Å². The van der Waals surface area contributed by atoms with Crippen molar-refractivity contribution in [3.8, 4) is 17.9 Å². The predicted octanol–water partition coefficient (Wildman–Crippen LogP) is 2.55. The van der Waals surface area contributed by atoms with E-state index >= 15 is 0 Å². The van der Waals surface area contributed by atoms with E-state index in [0.29, 0.717) is 11.6 Å². The second-order valence-corrected chi connectivity index (χ2v) is 4.97.